The van der Waals surface area contributed by atoms with Crippen molar-refractivity contribution in [3.05, 3.63) is 24.7 Å². The van der Waals surface area contributed by atoms with Crippen molar-refractivity contribution in [2.75, 3.05) is 25.6 Å². The number of imidazole rings is 1. The molecule has 0 fully saturated rings. The molecular weight excluding hydrogens is 384 g/mol. The second-order valence-electron chi connectivity index (χ2n) is 8.86. The van der Waals surface area contributed by atoms with Crippen LogP contribution in [0.2, 0.25) is 0 Å². The number of hydrogen-bond acceptors (Lipinski definition) is 8. The van der Waals surface area contributed by atoms with Gasteiger partial charge >= 0.3 is 6.01 Å². The fraction of sp³-hybridized carbons (Fsp3) is 0.524. The quantitative estimate of drug-likeness (QED) is 0.586. The Labute approximate surface area is 176 Å². The monoisotopic (exact) mass is 414 g/mol. The third-order valence-electron chi connectivity index (χ3n) is 3.79. The molecule has 0 amide bonds. The molecule has 0 aliphatic carbocycles. The van der Waals surface area contributed by atoms with Crippen molar-refractivity contribution in [2.45, 2.75) is 52.7 Å². The van der Waals surface area contributed by atoms with E-state index in [9.17, 15) is 0 Å². The number of nitrogens with one attached hydrogen (secondary N) is 1. The van der Waals surface area contributed by atoms with Crippen LogP contribution in [0.3, 0.4) is 0 Å². The van der Waals surface area contributed by atoms with Crippen molar-refractivity contribution < 1.29 is 14.2 Å². The molecule has 0 radical (unpaired) electrons. The maximum Gasteiger partial charge on any atom is 0.320 e. The van der Waals surface area contributed by atoms with Gasteiger partial charge in [-0.05, 0) is 47.6 Å². The topological polar surface area (TPSA) is 95.7 Å². The van der Waals surface area contributed by atoms with E-state index in [2.05, 4.69) is 25.4 Å². The number of aromatic nitrogens is 5. The summed E-state index contributed by atoms with van der Waals surface area (Å²) < 4.78 is 18.8. The Hall–Kier alpha value is -2.94. The van der Waals surface area contributed by atoms with E-state index >= 15 is 0 Å². The second-order valence-corrected chi connectivity index (χ2v) is 8.86. The van der Waals surface area contributed by atoms with E-state index in [0.29, 0.717) is 30.3 Å². The van der Waals surface area contributed by atoms with Gasteiger partial charge in [0.05, 0.1) is 17.9 Å². The number of rotatable bonds is 7. The van der Waals surface area contributed by atoms with Crippen LogP contribution < -0.4 is 14.8 Å². The molecule has 0 bridgehead atoms. The van der Waals surface area contributed by atoms with Crippen molar-refractivity contribution in [1.82, 2.24) is 24.6 Å². The summed E-state index contributed by atoms with van der Waals surface area (Å²) in [5.41, 5.74) is 1.99. The Kier molecular flexibility index (Phi) is 6.12. The summed E-state index contributed by atoms with van der Waals surface area (Å²) in [4.78, 5) is 13.3. The molecule has 0 aliphatic rings. The molecule has 0 unspecified atom stereocenters. The molecule has 9 nitrogen and oxygen atoms in total. The van der Waals surface area contributed by atoms with Crippen LogP contribution in [0.1, 0.15) is 41.5 Å². The van der Waals surface area contributed by atoms with Crippen molar-refractivity contribution in [2.24, 2.45) is 0 Å². The van der Waals surface area contributed by atoms with Gasteiger partial charge in [-0.15, -0.1) is 0 Å². The standard InChI is InChI=1S/C21H30N6O3/c1-20(2,3)29-18-14(13-24-19(25-18)30-21(4,5)6)15-12-16(22-9-11-28-7)17-23-8-10-27(17)26-15/h8,10,12-13,22H,9,11H2,1-7H3. The summed E-state index contributed by atoms with van der Waals surface area (Å²) in [6, 6.07) is 2.17. The Bertz CT molecular complexity index is 1000. The van der Waals surface area contributed by atoms with E-state index in [-0.39, 0.29) is 6.01 Å². The van der Waals surface area contributed by atoms with Crippen molar-refractivity contribution in [3.8, 4) is 23.1 Å². The highest BCUT2D eigenvalue weighted by Gasteiger charge is 2.22. The SMILES string of the molecule is COCCNc1cc(-c2cnc(OC(C)(C)C)nc2OC(C)(C)C)nn2ccnc12. The molecular formula is C21H30N6O3. The Balaban J connectivity index is 2.07. The van der Waals surface area contributed by atoms with Crippen LogP contribution in [0.5, 0.6) is 11.9 Å². The number of nitrogens with zero attached hydrogens (tertiary/aromatic N) is 5. The summed E-state index contributed by atoms with van der Waals surface area (Å²) in [6.45, 7) is 12.9. The van der Waals surface area contributed by atoms with E-state index in [1.165, 1.54) is 0 Å². The summed E-state index contributed by atoms with van der Waals surface area (Å²) in [5.74, 6) is 0.409. The van der Waals surface area contributed by atoms with E-state index in [0.717, 1.165) is 11.3 Å². The molecule has 1 N–H and O–H groups in total. The third kappa shape index (κ3) is 5.56. The first-order chi connectivity index (χ1) is 14.1. The van der Waals surface area contributed by atoms with Gasteiger partial charge in [-0.3, -0.25) is 0 Å². The lowest BCUT2D eigenvalue weighted by atomic mass is 10.1. The number of ether oxygens (including phenoxy) is 3. The predicted octanol–water partition coefficient (Wildman–Crippen LogP) is 3.60. The number of hydrogen-bond donors (Lipinski definition) is 1. The lowest BCUT2D eigenvalue weighted by molar-refractivity contribution is 0.103. The lowest BCUT2D eigenvalue weighted by Crippen LogP contribution is -2.26. The first-order valence-electron chi connectivity index (χ1n) is 9.88. The summed E-state index contributed by atoms with van der Waals surface area (Å²) in [7, 11) is 1.67. The second kappa shape index (κ2) is 8.43. The van der Waals surface area contributed by atoms with E-state index in [1.807, 2.05) is 47.6 Å². The molecule has 3 rings (SSSR count). The molecule has 0 aliphatic heterocycles. The van der Waals surface area contributed by atoms with Crippen molar-refractivity contribution >= 4 is 11.3 Å². The molecule has 3 aromatic heterocycles. The normalized spacial score (nSPS) is 12.2. The highest BCUT2D eigenvalue weighted by atomic mass is 16.5. The Morgan fingerprint density at radius 1 is 1.03 bits per heavy atom. The molecule has 0 atom stereocenters. The summed E-state index contributed by atoms with van der Waals surface area (Å²) >= 11 is 0. The largest absolute Gasteiger partial charge is 0.471 e. The predicted molar refractivity (Wildman–Crippen MR) is 115 cm³/mol. The van der Waals surface area contributed by atoms with Gasteiger partial charge in [-0.25, -0.2) is 14.5 Å². The van der Waals surface area contributed by atoms with Crippen LogP contribution >= 0.6 is 0 Å². The zero-order chi connectivity index (χ0) is 21.9. The van der Waals surface area contributed by atoms with Gasteiger partial charge in [0.25, 0.3) is 0 Å². The third-order valence-corrected chi connectivity index (χ3v) is 3.79. The van der Waals surface area contributed by atoms with Gasteiger partial charge < -0.3 is 19.5 Å². The first kappa shape index (κ1) is 21.8. The van der Waals surface area contributed by atoms with Gasteiger partial charge in [0.1, 0.15) is 16.9 Å². The van der Waals surface area contributed by atoms with Crippen LogP contribution in [0.15, 0.2) is 24.7 Å². The smallest absolute Gasteiger partial charge is 0.320 e. The molecule has 0 spiro atoms. The van der Waals surface area contributed by atoms with E-state index in [4.69, 9.17) is 14.2 Å². The maximum absolute atomic E-state index is 6.14. The minimum absolute atomic E-state index is 0.257. The van der Waals surface area contributed by atoms with Gasteiger partial charge in [0.15, 0.2) is 5.65 Å². The number of fused-ring (bicyclic) bond motifs is 1. The van der Waals surface area contributed by atoms with Gasteiger partial charge in [-0.2, -0.15) is 10.1 Å². The Morgan fingerprint density at radius 3 is 2.43 bits per heavy atom. The van der Waals surface area contributed by atoms with Crippen LogP contribution in [-0.2, 0) is 4.74 Å². The average Bonchev–Trinajstić information content (AvgIpc) is 3.08. The molecule has 3 heterocycles. The summed E-state index contributed by atoms with van der Waals surface area (Å²) in [6.07, 6.45) is 5.18. The zero-order valence-electron chi connectivity index (χ0n) is 18.7. The van der Waals surface area contributed by atoms with Crippen LogP contribution in [0.25, 0.3) is 16.9 Å². The molecule has 0 saturated heterocycles. The highest BCUT2D eigenvalue weighted by molar-refractivity contribution is 5.75. The number of anilines is 1. The first-order valence-corrected chi connectivity index (χ1v) is 9.88. The number of methoxy groups -OCH3 is 1. The zero-order valence-corrected chi connectivity index (χ0v) is 18.7. The molecule has 9 heteroatoms. The van der Waals surface area contributed by atoms with Crippen molar-refractivity contribution in [1.29, 1.82) is 0 Å². The molecule has 0 aromatic carbocycles. The van der Waals surface area contributed by atoms with Crippen LogP contribution in [-0.4, -0.2) is 56.0 Å². The van der Waals surface area contributed by atoms with Crippen LogP contribution in [0, 0.1) is 0 Å². The minimum Gasteiger partial charge on any atom is -0.471 e. The molecule has 162 valence electrons. The lowest BCUT2D eigenvalue weighted by Gasteiger charge is -2.24. The Morgan fingerprint density at radius 2 is 1.77 bits per heavy atom. The average molecular weight is 415 g/mol. The van der Waals surface area contributed by atoms with Gasteiger partial charge in [0, 0.05) is 32.2 Å². The fourth-order valence-corrected chi connectivity index (χ4v) is 2.68. The fourth-order valence-electron chi connectivity index (χ4n) is 2.68. The van der Waals surface area contributed by atoms with Gasteiger partial charge in [-0.1, -0.05) is 0 Å². The summed E-state index contributed by atoms with van der Waals surface area (Å²) in [5, 5.41) is 8.01. The van der Waals surface area contributed by atoms with Crippen LogP contribution in [0.4, 0.5) is 5.69 Å². The molecule has 0 saturated carbocycles. The minimum atomic E-state index is -0.458. The highest BCUT2D eigenvalue weighted by Crippen LogP contribution is 2.33. The van der Waals surface area contributed by atoms with Gasteiger partial charge in [0.2, 0.25) is 5.88 Å². The molecule has 30 heavy (non-hydrogen) atoms. The van der Waals surface area contributed by atoms with E-state index in [1.54, 1.807) is 30.2 Å². The molecule has 3 aromatic rings. The van der Waals surface area contributed by atoms with Crippen molar-refractivity contribution in [3.63, 3.8) is 0 Å². The van der Waals surface area contributed by atoms with E-state index < -0.39 is 11.2 Å². The maximum atomic E-state index is 6.14.